The number of hydrogen-bond donors (Lipinski definition) is 0. The minimum absolute atomic E-state index is 1.79. The van der Waals surface area contributed by atoms with Gasteiger partial charge in [0.25, 0.3) is 6.08 Å². The number of rotatable bonds is 0. The van der Waals surface area contributed by atoms with Gasteiger partial charge in [0.2, 0.25) is 12.2 Å². The number of hydrogen-bond acceptors (Lipinski definition) is 0. The lowest BCUT2D eigenvalue weighted by Crippen LogP contribution is -1.46. The zero-order valence-corrected chi connectivity index (χ0v) is 4.96. The van der Waals surface area contributed by atoms with Gasteiger partial charge in [-0.05, 0) is 12.2 Å². The molecule has 1 aliphatic rings. The van der Waals surface area contributed by atoms with Crippen LogP contribution in [0.5, 0.6) is 0 Å². The highest BCUT2D eigenvalue weighted by molar-refractivity contribution is 5.16. The van der Waals surface area contributed by atoms with Crippen LogP contribution in [0.25, 0.3) is 0 Å². The molecule has 0 heterocycles. The summed E-state index contributed by atoms with van der Waals surface area (Å²) in [6, 6.07) is 0. The first kappa shape index (κ1) is 5.69. The summed E-state index contributed by atoms with van der Waals surface area (Å²) in [7, 11) is 0. The second-order valence-corrected chi connectivity index (χ2v) is 1.52. The Bertz CT molecular complexity index is 188. The van der Waals surface area contributed by atoms with Crippen LogP contribution in [0.2, 0.25) is 0 Å². The van der Waals surface area contributed by atoms with Crippen molar-refractivity contribution >= 4 is 0 Å². The van der Waals surface area contributed by atoms with Crippen molar-refractivity contribution in [3.63, 3.8) is 0 Å². The minimum Gasteiger partial charge on any atom is -0.0314 e. The van der Waals surface area contributed by atoms with Crippen molar-refractivity contribution < 1.29 is 0 Å². The van der Waals surface area contributed by atoms with E-state index in [-0.39, 0.29) is 0 Å². The molecule has 0 saturated heterocycles. The minimum atomic E-state index is 1.79. The molecule has 9 heavy (non-hydrogen) atoms. The quantitative estimate of drug-likeness (QED) is 0.333. The van der Waals surface area contributed by atoms with Crippen molar-refractivity contribution in [2.24, 2.45) is 0 Å². The van der Waals surface area contributed by atoms with Gasteiger partial charge in [0, 0.05) is 6.08 Å². The average Bonchev–Trinajstić information content (AvgIpc) is 2.00. The lowest BCUT2D eigenvalue weighted by molar-refractivity contribution is 1.85. The molecule has 0 unspecified atom stereocenters. The van der Waals surface area contributed by atoms with E-state index in [1.807, 2.05) is 24.3 Å². The molecule has 40 valence electrons. The summed E-state index contributed by atoms with van der Waals surface area (Å²) in [6.07, 6.45) is 16.8. The highest BCUT2D eigenvalue weighted by atomic mass is 13.7. The van der Waals surface area contributed by atoms with E-state index in [1.165, 1.54) is 0 Å². The molecule has 0 N–H and O–H groups in total. The molecular formula is C9H6+2. The van der Waals surface area contributed by atoms with E-state index < -0.39 is 0 Å². The van der Waals surface area contributed by atoms with Crippen LogP contribution in [0.3, 0.4) is 0 Å². The molecule has 0 aromatic carbocycles. The smallest absolute Gasteiger partial charge is 0.0314 e. The second-order valence-electron chi connectivity index (χ2n) is 1.52. The maximum atomic E-state index is 2.78. The molecule has 0 atom stereocenters. The van der Waals surface area contributed by atoms with Gasteiger partial charge in [0.15, 0.2) is 0 Å². The van der Waals surface area contributed by atoms with Crippen molar-refractivity contribution in [2.75, 3.05) is 0 Å². The van der Waals surface area contributed by atoms with E-state index in [9.17, 15) is 0 Å². The zero-order chi connectivity index (χ0) is 6.36. The fraction of sp³-hybridized carbons (Fsp3) is 0. The lowest BCUT2D eigenvalue weighted by Gasteiger charge is -1.56. The Labute approximate surface area is 55.2 Å². The summed E-state index contributed by atoms with van der Waals surface area (Å²) >= 11 is 0. The Kier molecular flexibility index (Phi) is 2.24. The van der Waals surface area contributed by atoms with Crippen LogP contribution in [0.4, 0.5) is 0 Å². The molecule has 0 radical (unpaired) electrons. The SMILES string of the molecule is C1=[C+]\C=C/C=C\C=C/[C+]=1. The van der Waals surface area contributed by atoms with Crippen LogP contribution in [0, 0.1) is 12.2 Å². The molecule has 0 bridgehead atoms. The van der Waals surface area contributed by atoms with Gasteiger partial charge in [-0.15, -0.1) is 0 Å². The molecular weight excluding hydrogens is 108 g/mol. The van der Waals surface area contributed by atoms with Crippen LogP contribution in [-0.4, -0.2) is 0 Å². The molecule has 0 amide bonds. The first-order chi connectivity index (χ1) is 4.50. The molecule has 0 heteroatoms. The second kappa shape index (κ2) is 3.55. The van der Waals surface area contributed by atoms with Crippen LogP contribution < -0.4 is 0 Å². The van der Waals surface area contributed by atoms with Crippen LogP contribution >= 0.6 is 0 Å². The van der Waals surface area contributed by atoms with Gasteiger partial charge in [0.05, 0.1) is 0 Å². The van der Waals surface area contributed by atoms with E-state index >= 15 is 0 Å². The molecule has 1 aliphatic carbocycles. The standard InChI is InChI=1S/C9H6/c1-2-4-6-8-9-7-5-3-1/h1-6H/q+2/b2-1-,5-3-,6-4-. The fourth-order valence-corrected chi connectivity index (χ4v) is 0.461. The van der Waals surface area contributed by atoms with Gasteiger partial charge in [-0.25, -0.2) is 0 Å². The average molecular weight is 114 g/mol. The zero-order valence-electron chi connectivity index (χ0n) is 4.96. The van der Waals surface area contributed by atoms with Crippen LogP contribution in [-0.2, 0) is 0 Å². The maximum absolute atomic E-state index is 2.78. The van der Waals surface area contributed by atoms with Gasteiger partial charge in [0.1, 0.15) is 12.2 Å². The fourth-order valence-electron chi connectivity index (χ4n) is 0.461. The van der Waals surface area contributed by atoms with Crippen LogP contribution in [0.1, 0.15) is 0 Å². The maximum Gasteiger partial charge on any atom is 0.305 e. The normalized spacial score (nSPS) is 24.0. The van der Waals surface area contributed by atoms with E-state index in [1.54, 1.807) is 12.2 Å². The molecule has 1 rings (SSSR count). The van der Waals surface area contributed by atoms with Gasteiger partial charge >= 0.3 is 5.73 Å². The van der Waals surface area contributed by atoms with Crippen molar-refractivity contribution in [1.29, 1.82) is 0 Å². The highest BCUT2D eigenvalue weighted by Gasteiger charge is 1.84. The Balaban J connectivity index is 2.81. The van der Waals surface area contributed by atoms with Crippen molar-refractivity contribution in [1.82, 2.24) is 0 Å². The Morgan fingerprint density at radius 3 is 1.89 bits per heavy atom. The summed E-state index contributed by atoms with van der Waals surface area (Å²) in [4.78, 5) is 0. The van der Waals surface area contributed by atoms with Gasteiger partial charge in [-0.2, -0.15) is 0 Å². The van der Waals surface area contributed by atoms with Gasteiger partial charge < -0.3 is 0 Å². The molecule has 0 aliphatic heterocycles. The summed E-state index contributed by atoms with van der Waals surface area (Å²) in [5.41, 5.74) is 2.71. The summed E-state index contributed by atoms with van der Waals surface area (Å²) in [5.74, 6) is 0. The monoisotopic (exact) mass is 114 g/mol. The summed E-state index contributed by atoms with van der Waals surface area (Å²) in [6.45, 7) is 0. The highest BCUT2D eigenvalue weighted by Crippen LogP contribution is 1.83. The first-order valence-corrected chi connectivity index (χ1v) is 2.74. The third-order valence-electron chi connectivity index (χ3n) is 0.837. The Hall–Kier alpha value is -1.44. The topological polar surface area (TPSA) is 0 Å². The van der Waals surface area contributed by atoms with E-state index in [2.05, 4.69) is 17.9 Å². The Morgan fingerprint density at radius 1 is 0.778 bits per heavy atom. The van der Waals surface area contributed by atoms with Gasteiger partial charge in [-0.1, -0.05) is 0 Å². The van der Waals surface area contributed by atoms with Crippen molar-refractivity contribution in [3.05, 3.63) is 54.3 Å². The van der Waals surface area contributed by atoms with E-state index in [0.29, 0.717) is 0 Å². The molecule has 0 spiro atoms. The number of allylic oxidation sites excluding steroid dienone is 7. The van der Waals surface area contributed by atoms with E-state index in [4.69, 9.17) is 0 Å². The third kappa shape index (κ3) is 2.39. The molecule has 0 saturated carbocycles. The third-order valence-corrected chi connectivity index (χ3v) is 0.837. The predicted octanol–water partition coefficient (Wildman–Crippen LogP) is 1.99. The Morgan fingerprint density at radius 2 is 1.33 bits per heavy atom. The molecule has 0 fully saturated rings. The summed E-state index contributed by atoms with van der Waals surface area (Å²) < 4.78 is 0. The first-order valence-electron chi connectivity index (χ1n) is 2.74. The van der Waals surface area contributed by atoms with E-state index in [0.717, 1.165) is 0 Å². The van der Waals surface area contributed by atoms with Crippen LogP contribution in [0.15, 0.2) is 42.2 Å². The molecule has 0 aromatic rings. The largest absolute Gasteiger partial charge is 0.305 e. The lowest BCUT2D eigenvalue weighted by atomic mass is 10.4. The predicted molar refractivity (Wildman–Crippen MR) is 37.4 cm³/mol. The summed E-state index contributed by atoms with van der Waals surface area (Å²) in [5, 5.41) is 0. The van der Waals surface area contributed by atoms with Gasteiger partial charge in [-0.3, -0.25) is 0 Å². The molecule has 0 aromatic heterocycles. The molecule has 0 nitrogen and oxygen atoms in total. The van der Waals surface area contributed by atoms with Crippen molar-refractivity contribution in [3.8, 4) is 0 Å². The van der Waals surface area contributed by atoms with Crippen molar-refractivity contribution in [2.45, 2.75) is 0 Å².